The highest BCUT2D eigenvalue weighted by Crippen LogP contribution is 2.56. The van der Waals surface area contributed by atoms with Crippen LogP contribution in [0.25, 0.3) is 0 Å². The minimum atomic E-state index is -2.62. The van der Waals surface area contributed by atoms with Crippen molar-refractivity contribution in [2.45, 2.75) is 305 Å². The van der Waals surface area contributed by atoms with E-state index in [4.69, 9.17) is 44.0 Å². The molecule has 470 valence electrons. The second-order valence-corrected chi connectivity index (χ2v) is 27.8. The first-order valence-corrected chi connectivity index (χ1v) is 34.4. The Morgan fingerprint density at radius 2 is 0.593 bits per heavy atom. The molecule has 3 rings (SSSR count). The van der Waals surface area contributed by atoms with Crippen LogP contribution in [0.1, 0.15) is 312 Å². The third-order valence-corrected chi connectivity index (χ3v) is 16.2. The van der Waals surface area contributed by atoms with Crippen molar-refractivity contribution in [3.63, 3.8) is 0 Å². The first-order chi connectivity index (χ1) is 37.7. The van der Waals surface area contributed by atoms with Crippen LogP contribution >= 0.6 is 25.8 Å². The lowest BCUT2D eigenvalue weighted by atomic mass is 9.55. The highest BCUT2D eigenvalue weighted by Gasteiger charge is 2.47. The second-order valence-electron chi connectivity index (χ2n) is 26.2. The maximum Gasteiger partial charge on any atom is 0.324 e. The Morgan fingerprint density at radius 1 is 0.346 bits per heavy atom. The predicted molar refractivity (Wildman–Crippen MR) is 344 cm³/mol. The lowest BCUT2D eigenvalue weighted by Crippen LogP contribution is -2.42. The van der Waals surface area contributed by atoms with Crippen molar-refractivity contribution in [3.05, 3.63) is 86.5 Å². The summed E-state index contributed by atoms with van der Waals surface area (Å²) in [6.07, 6.45) is 35.1. The highest BCUT2D eigenvalue weighted by molar-refractivity contribution is 7.38. The molecule has 0 spiro atoms. The van der Waals surface area contributed by atoms with Crippen LogP contribution in [0.5, 0.6) is 17.2 Å². The fraction of sp³-hybridized carbons (Fsp3) is 0.727. The molecule has 12 N–H and O–H groups in total. The van der Waals surface area contributed by atoms with E-state index in [0.29, 0.717) is 17.2 Å². The largest absolute Gasteiger partial charge is 0.508 e. The molecule has 15 heteroatoms. The van der Waals surface area contributed by atoms with E-state index in [-0.39, 0.29) is 28.1 Å². The smallest absolute Gasteiger partial charge is 0.324 e. The van der Waals surface area contributed by atoms with Gasteiger partial charge >= 0.3 is 25.8 Å². The fourth-order valence-corrected chi connectivity index (χ4v) is 12.1. The monoisotopic (exact) mass is 1200 g/mol. The molecule has 0 heterocycles. The number of rotatable bonds is 32. The Labute approximate surface area is 497 Å². The fourth-order valence-electron chi connectivity index (χ4n) is 12.1. The Hall–Kier alpha value is -2.01. The van der Waals surface area contributed by atoms with Gasteiger partial charge in [-0.25, -0.2) is 0 Å². The van der Waals surface area contributed by atoms with Crippen molar-refractivity contribution in [1.82, 2.24) is 0 Å². The van der Waals surface area contributed by atoms with Crippen LogP contribution in [0.2, 0.25) is 0 Å². The van der Waals surface area contributed by atoms with Crippen molar-refractivity contribution in [1.29, 1.82) is 0 Å². The van der Waals surface area contributed by atoms with Gasteiger partial charge in [-0.05, 0) is 130 Å². The average Bonchev–Trinajstić information content (AvgIpc) is 2.99. The standard InChI is InChI=1S/C66H110O3.3H3O3P/c1-16-18-20-22-24-26-28-29-30-31-33-35-37-39-41-54(52(6)53-46-57(63(7,8)9)60(67)43-49(53)3)66(42-40-38-36-34-32-27-25-23-21-19-17-2,55-47-58(64(10,11)12)61(68)44-50(55)4)56-48-59(65(13,14)15)62(69)45-51(56)5;3*1-4(2)3/h43-48,52,54,67-69H,16-42H2,1-15H3;3*1-3H. The third kappa shape index (κ3) is 31.3. The molecule has 3 aromatic rings. The first-order valence-electron chi connectivity index (χ1n) is 30.8. The molecular weight excluding hydrogens is 1080 g/mol. The van der Waals surface area contributed by atoms with Crippen molar-refractivity contribution >= 4 is 25.8 Å². The summed E-state index contributed by atoms with van der Waals surface area (Å²) in [6, 6.07) is 13.4. The quantitative estimate of drug-likeness (QED) is 0.0206. The number of phenolic OH excluding ortho intramolecular Hbond substituents is 3. The van der Waals surface area contributed by atoms with Gasteiger partial charge in [-0.1, -0.05) is 262 Å². The average molecular weight is 1200 g/mol. The number of hydrogen-bond acceptors (Lipinski definition) is 12. The number of aromatic hydroxyl groups is 3. The molecule has 2 atom stereocenters. The summed E-state index contributed by atoms with van der Waals surface area (Å²) in [5, 5.41) is 35.1. The first kappa shape index (κ1) is 79.0. The third-order valence-electron chi connectivity index (χ3n) is 16.2. The van der Waals surface area contributed by atoms with E-state index in [2.05, 4.69) is 134 Å². The molecule has 3 aromatic carbocycles. The molecule has 81 heavy (non-hydrogen) atoms. The van der Waals surface area contributed by atoms with Crippen molar-refractivity contribution in [2.24, 2.45) is 5.92 Å². The topological polar surface area (TPSA) is 243 Å². The Balaban J connectivity index is 0.00000483. The number of benzene rings is 3. The summed E-state index contributed by atoms with van der Waals surface area (Å²) in [7, 11) is -7.86. The SMILES string of the molecule is CCCCCCCCCCCCCCCCC(C(C)c1cc(C(C)(C)C)c(O)cc1C)C(CCCCCCCCCCCCC)(c1cc(C(C)(C)C)c(O)cc1C)c1cc(C(C)(C)C)c(O)cc1C.OP(O)O.OP(O)O.OP(O)O. The zero-order chi connectivity index (χ0) is 62.1. The van der Waals surface area contributed by atoms with Crippen LogP contribution in [-0.2, 0) is 21.7 Å². The van der Waals surface area contributed by atoms with Crippen LogP contribution in [-0.4, -0.2) is 59.4 Å². The van der Waals surface area contributed by atoms with Crippen LogP contribution in [0, 0.1) is 26.7 Å². The molecule has 0 aliphatic carbocycles. The maximum absolute atomic E-state index is 11.8. The molecule has 0 saturated carbocycles. The molecule has 0 aliphatic heterocycles. The Kier molecular flexibility index (Phi) is 40.1. The number of hydrogen-bond donors (Lipinski definition) is 12. The number of aryl methyl sites for hydroxylation is 3. The van der Waals surface area contributed by atoms with Crippen LogP contribution in [0.15, 0.2) is 36.4 Å². The van der Waals surface area contributed by atoms with Gasteiger partial charge in [0.15, 0.2) is 0 Å². The molecular formula is C66H119O12P3. The van der Waals surface area contributed by atoms with Gasteiger partial charge in [0.2, 0.25) is 0 Å². The summed E-state index contributed by atoms with van der Waals surface area (Å²) in [6.45, 7) is 33.9. The van der Waals surface area contributed by atoms with E-state index in [0.717, 1.165) is 59.1 Å². The van der Waals surface area contributed by atoms with Crippen LogP contribution in [0.4, 0.5) is 0 Å². The minimum absolute atomic E-state index is 0.152. The Morgan fingerprint density at radius 3 is 0.877 bits per heavy atom. The summed E-state index contributed by atoms with van der Waals surface area (Å²) in [5.74, 6) is 1.50. The van der Waals surface area contributed by atoms with Crippen LogP contribution in [0.3, 0.4) is 0 Å². The molecule has 0 amide bonds. The van der Waals surface area contributed by atoms with Crippen molar-refractivity contribution in [2.75, 3.05) is 0 Å². The molecule has 0 saturated heterocycles. The molecule has 2 unspecified atom stereocenters. The zero-order valence-corrected chi connectivity index (χ0v) is 56.1. The summed E-state index contributed by atoms with van der Waals surface area (Å²) < 4.78 is 0. The summed E-state index contributed by atoms with van der Waals surface area (Å²) in [5.41, 5.74) is 9.26. The van der Waals surface area contributed by atoms with Gasteiger partial charge in [0.05, 0.1) is 0 Å². The molecule has 0 fully saturated rings. The van der Waals surface area contributed by atoms with Gasteiger partial charge < -0.3 is 59.4 Å². The van der Waals surface area contributed by atoms with E-state index in [1.165, 1.54) is 164 Å². The van der Waals surface area contributed by atoms with E-state index >= 15 is 0 Å². The second kappa shape index (κ2) is 41.2. The number of phenols is 3. The highest BCUT2D eigenvalue weighted by atomic mass is 31.2. The summed E-state index contributed by atoms with van der Waals surface area (Å²) in [4.78, 5) is 65.1. The number of unbranched alkanes of at least 4 members (excludes halogenated alkanes) is 23. The van der Waals surface area contributed by atoms with E-state index in [1.54, 1.807) is 0 Å². The molecule has 0 aliphatic rings. The van der Waals surface area contributed by atoms with Gasteiger partial charge in [0.25, 0.3) is 0 Å². The maximum atomic E-state index is 11.8. The van der Waals surface area contributed by atoms with Crippen LogP contribution < -0.4 is 0 Å². The molecule has 12 nitrogen and oxygen atoms in total. The lowest BCUT2D eigenvalue weighted by molar-refractivity contribution is 0.229. The van der Waals surface area contributed by atoms with Crippen molar-refractivity contribution in [3.8, 4) is 17.2 Å². The summed E-state index contributed by atoms with van der Waals surface area (Å²) >= 11 is 0. The van der Waals surface area contributed by atoms with Gasteiger partial charge in [0, 0.05) is 5.41 Å². The normalized spacial score (nSPS) is 12.9. The molecule has 0 bridgehead atoms. The minimum Gasteiger partial charge on any atom is -0.508 e. The predicted octanol–water partition coefficient (Wildman–Crippen LogP) is 18.5. The molecule has 0 aromatic heterocycles. The van der Waals surface area contributed by atoms with Gasteiger partial charge in [-0.3, -0.25) is 0 Å². The van der Waals surface area contributed by atoms with Gasteiger partial charge in [-0.2, -0.15) is 0 Å². The van der Waals surface area contributed by atoms with Gasteiger partial charge in [0.1, 0.15) is 17.2 Å². The van der Waals surface area contributed by atoms with E-state index in [1.807, 2.05) is 6.07 Å². The molecule has 0 radical (unpaired) electrons. The van der Waals surface area contributed by atoms with E-state index in [9.17, 15) is 15.3 Å². The van der Waals surface area contributed by atoms with Gasteiger partial charge in [-0.15, -0.1) is 0 Å². The van der Waals surface area contributed by atoms with E-state index < -0.39 is 31.2 Å². The lowest BCUT2D eigenvalue weighted by Gasteiger charge is -2.48. The zero-order valence-electron chi connectivity index (χ0n) is 53.4. The Bertz CT molecular complexity index is 2040. The van der Waals surface area contributed by atoms with Crippen molar-refractivity contribution < 1.29 is 59.4 Å².